The van der Waals surface area contributed by atoms with Crippen LogP contribution in [0.15, 0.2) is 41.3 Å². The summed E-state index contributed by atoms with van der Waals surface area (Å²) < 4.78 is 27.1. The Morgan fingerprint density at radius 3 is 2.44 bits per heavy atom. The minimum absolute atomic E-state index is 0.00958. The van der Waals surface area contributed by atoms with E-state index in [2.05, 4.69) is 10.0 Å². The smallest absolute Gasteiger partial charge is 0.240 e. The van der Waals surface area contributed by atoms with Crippen LogP contribution in [0.3, 0.4) is 0 Å². The SMILES string of the molecule is Cc1ccc(C)c(S(=O)(=O)NCCC(=O)Nc2ccc(Cl)c(Cl)c2)c1. The summed E-state index contributed by atoms with van der Waals surface area (Å²) in [6.07, 6.45) is -0.00958. The Morgan fingerprint density at radius 1 is 1.04 bits per heavy atom. The van der Waals surface area contributed by atoms with Gasteiger partial charge in [-0.3, -0.25) is 4.79 Å². The lowest BCUT2D eigenvalue weighted by Gasteiger charge is -2.10. The van der Waals surface area contributed by atoms with Gasteiger partial charge in [0, 0.05) is 18.7 Å². The molecule has 2 aromatic carbocycles. The number of sulfonamides is 1. The van der Waals surface area contributed by atoms with Crippen LogP contribution in [0.2, 0.25) is 10.0 Å². The molecule has 2 N–H and O–H groups in total. The van der Waals surface area contributed by atoms with Crippen molar-refractivity contribution in [1.29, 1.82) is 0 Å². The van der Waals surface area contributed by atoms with Crippen molar-refractivity contribution in [2.75, 3.05) is 11.9 Å². The van der Waals surface area contributed by atoms with Crippen molar-refractivity contribution in [3.8, 4) is 0 Å². The molecular formula is C17H18Cl2N2O3S. The van der Waals surface area contributed by atoms with Crippen molar-refractivity contribution in [2.45, 2.75) is 25.2 Å². The van der Waals surface area contributed by atoms with E-state index in [-0.39, 0.29) is 23.8 Å². The molecular weight excluding hydrogens is 383 g/mol. The number of aryl methyl sites for hydroxylation is 2. The maximum atomic E-state index is 12.4. The first-order valence-corrected chi connectivity index (χ1v) is 9.75. The number of amides is 1. The van der Waals surface area contributed by atoms with E-state index in [9.17, 15) is 13.2 Å². The third-order valence-corrected chi connectivity index (χ3v) is 5.82. The van der Waals surface area contributed by atoms with Crippen LogP contribution in [0.5, 0.6) is 0 Å². The van der Waals surface area contributed by atoms with Gasteiger partial charge in [-0.05, 0) is 49.2 Å². The van der Waals surface area contributed by atoms with Gasteiger partial charge >= 0.3 is 0 Å². The third-order valence-electron chi connectivity index (χ3n) is 3.48. The molecule has 2 rings (SSSR count). The van der Waals surface area contributed by atoms with Crippen LogP contribution in [-0.2, 0) is 14.8 Å². The number of carbonyl (C=O) groups excluding carboxylic acids is 1. The van der Waals surface area contributed by atoms with Gasteiger partial charge in [-0.1, -0.05) is 35.3 Å². The minimum atomic E-state index is -3.66. The van der Waals surface area contributed by atoms with Gasteiger partial charge in [0.1, 0.15) is 0 Å². The quantitative estimate of drug-likeness (QED) is 0.771. The van der Waals surface area contributed by atoms with E-state index >= 15 is 0 Å². The normalized spacial score (nSPS) is 11.4. The molecule has 0 saturated heterocycles. The van der Waals surface area contributed by atoms with E-state index < -0.39 is 10.0 Å². The highest BCUT2D eigenvalue weighted by atomic mass is 35.5. The fourth-order valence-corrected chi connectivity index (χ4v) is 3.83. The summed E-state index contributed by atoms with van der Waals surface area (Å²) >= 11 is 11.7. The summed E-state index contributed by atoms with van der Waals surface area (Å²) in [7, 11) is -3.66. The molecule has 0 radical (unpaired) electrons. The summed E-state index contributed by atoms with van der Waals surface area (Å²) in [6.45, 7) is 3.54. The summed E-state index contributed by atoms with van der Waals surface area (Å²) in [5.41, 5.74) is 2.00. The predicted octanol–water partition coefficient (Wildman–Crippen LogP) is 3.92. The third kappa shape index (κ3) is 5.44. The fourth-order valence-electron chi connectivity index (χ4n) is 2.17. The van der Waals surface area contributed by atoms with Crippen molar-refractivity contribution in [2.24, 2.45) is 0 Å². The highest BCUT2D eigenvalue weighted by Gasteiger charge is 2.17. The summed E-state index contributed by atoms with van der Waals surface area (Å²) in [5.74, 6) is -0.331. The molecule has 0 fully saturated rings. The van der Waals surface area contributed by atoms with Gasteiger partial charge in [0.05, 0.1) is 14.9 Å². The van der Waals surface area contributed by atoms with Gasteiger partial charge < -0.3 is 5.32 Å². The molecule has 134 valence electrons. The van der Waals surface area contributed by atoms with E-state index in [4.69, 9.17) is 23.2 Å². The number of carbonyl (C=O) groups is 1. The number of halogens is 2. The molecule has 0 unspecified atom stereocenters. The van der Waals surface area contributed by atoms with Gasteiger partial charge in [-0.25, -0.2) is 13.1 Å². The zero-order chi connectivity index (χ0) is 18.6. The molecule has 0 saturated carbocycles. The number of rotatable bonds is 6. The first-order valence-electron chi connectivity index (χ1n) is 7.51. The lowest BCUT2D eigenvalue weighted by atomic mass is 10.2. The molecule has 2 aromatic rings. The van der Waals surface area contributed by atoms with E-state index in [1.807, 2.05) is 13.0 Å². The topological polar surface area (TPSA) is 75.3 Å². The number of hydrogen-bond acceptors (Lipinski definition) is 3. The molecule has 1 amide bonds. The summed E-state index contributed by atoms with van der Waals surface area (Å²) in [6, 6.07) is 9.92. The van der Waals surface area contributed by atoms with E-state index in [0.717, 1.165) is 5.56 Å². The van der Waals surface area contributed by atoms with Gasteiger partial charge in [0.25, 0.3) is 0 Å². The number of anilines is 1. The van der Waals surface area contributed by atoms with Crippen molar-refractivity contribution in [3.63, 3.8) is 0 Å². The molecule has 25 heavy (non-hydrogen) atoms. The van der Waals surface area contributed by atoms with Crippen LogP contribution in [0.1, 0.15) is 17.5 Å². The maximum absolute atomic E-state index is 12.4. The molecule has 0 aliphatic rings. The van der Waals surface area contributed by atoms with E-state index in [0.29, 0.717) is 21.3 Å². The maximum Gasteiger partial charge on any atom is 0.240 e. The minimum Gasteiger partial charge on any atom is -0.326 e. The number of benzene rings is 2. The van der Waals surface area contributed by atoms with Crippen LogP contribution in [-0.4, -0.2) is 20.9 Å². The Morgan fingerprint density at radius 2 is 1.76 bits per heavy atom. The molecule has 0 heterocycles. The second-order valence-electron chi connectivity index (χ2n) is 5.59. The largest absolute Gasteiger partial charge is 0.326 e. The highest BCUT2D eigenvalue weighted by molar-refractivity contribution is 7.89. The standard InChI is InChI=1S/C17H18Cl2N2O3S/c1-11-3-4-12(2)16(9-11)25(23,24)20-8-7-17(22)21-13-5-6-14(18)15(19)10-13/h3-6,9-10,20H,7-8H2,1-2H3,(H,21,22). The fraction of sp³-hybridized carbons (Fsp3) is 0.235. The predicted molar refractivity (Wildman–Crippen MR) is 101 cm³/mol. The number of hydrogen-bond donors (Lipinski definition) is 2. The highest BCUT2D eigenvalue weighted by Crippen LogP contribution is 2.25. The van der Waals surface area contributed by atoms with E-state index in [1.165, 1.54) is 6.07 Å². The Kier molecular flexibility index (Phi) is 6.46. The van der Waals surface area contributed by atoms with Crippen molar-refractivity contribution in [3.05, 3.63) is 57.6 Å². The van der Waals surface area contributed by atoms with Gasteiger partial charge in [0.2, 0.25) is 15.9 Å². The van der Waals surface area contributed by atoms with Crippen LogP contribution in [0, 0.1) is 13.8 Å². The molecule has 0 aliphatic heterocycles. The monoisotopic (exact) mass is 400 g/mol. The first kappa shape index (κ1) is 19.7. The molecule has 0 bridgehead atoms. The van der Waals surface area contributed by atoms with Crippen molar-refractivity contribution >= 4 is 44.8 Å². The molecule has 0 aromatic heterocycles. The van der Waals surface area contributed by atoms with Gasteiger partial charge in [0.15, 0.2) is 0 Å². The van der Waals surface area contributed by atoms with E-state index in [1.54, 1.807) is 31.2 Å². The van der Waals surface area contributed by atoms with Gasteiger partial charge in [-0.2, -0.15) is 0 Å². The summed E-state index contributed by atoms with van der Waals surface area (Å²) in [4.78, 5) is 12.1. The Hall–Kier alpha value is -1.60. The Labute approximate surface area is 157 Å². The lowest BCUT2D eigenvalue weighted by Crippen LogP contribution is -2.28. The van der Waals surface area contributed by atoms with Gasteiger partial charge in [-0.15, -0.1) is 0 Å². The molecule has 8 heteroatoms. The first-order chi connectivity index (χ1) is 11.7. The second-order valence-corrected chi connectivity index (χ2v) is 8.14. The zero-order valence-corrected chi connectivity index (χ0v) is 16.1. The van der Waals surface area contributed by atoms with Crippen molar-refractivity contribution in [1.82, 2.24) is 4.72 Å². The molecule has 0 aliphatic carbocycles. The second kappa shape index (κ2) is 8.19. The average molecular weight is 401 g/mol. The molecule has 0 spiro atoms. The summed E-state index contributed by atoms with van der Waals surface area (Å²) in [5, 5.41) is 3.36. The number of nitrogens with one attached hydrogen (secondary N) is 2. The molecule has 5 nitrogen and oxygen atoms in total. The van der Waals surface area contributed by atoms with Crippen LogP contribution >= 0.6 is 23.2 Å². The van der Waals surface area contributed by atoms with Crippen LogP contribution < -0.4 is 10.0 Å². The van der Waals surface area contributed by atoms with Crippen molar-refractivity contribution < 1.29 is 13.2 Å². The van der Waals surface area contributed by atoms with Crippen LogP contribution in [0.25, 0.3) is 0 Å². The zero-order valence-electron chi connectivity index (χ0n) is 13.8. The lowest BCUT2D eigenvalue weighted by molar-refractivity contribution is -0.116. The Balaban J connectivity index is 1.94. The van der Waals surface area contributed by atoms with Crippen LogP contribution in [0.4, 0.5) is 5.69 Å². The molecule has 0 atom stereocenters. The average Bonchev–Trinajstić information content (AvgIpc) is 2.53. The Bertz CT molecular complexity index is 899.